The Morgan fingerprint density at radius 1 is 1.53 bits per heavy atom. The van der Waals surface area contributed by atoms with E-state index in [1.807, 2.05) is 12.3 Å². The van der Waals surface area contributed by atoms with E-state index in [4.69, 9.17) is 5.73 Å². The van der Waals surface area contributed by atoms with Crippen LogP contribution in [0, 0.1) is 5.82 Å². The van der Waals surface area contributed by atoms with Gasteiger partial charge in [0, 0.05) is 10.0 Å². The van der Waals surface area contributed by atoms with Crippen LogP contribution in [0.1, 0.15) is 18.4 Å². The Morgan fingerprint density at radius 3 is 2.67 bits per heavy atom. The largest absolute Gasteiger partial charge is 0.325 e. The van der Waals surface area contributed by atoms with Crippen LogP contribution >= 0.6 is 27.7 Å². The molecule has 0 spiro atoms. The van der Waals surface area contributed by atoms with Crippen molar-refractivity contribution in [2.75, 3.05) is 6.26 Å². The minimum atomic E-state index is -0.156. The zero-order chi connectivity index (χ0) is 11.1. The lowest BCUT2D eigenvalue weighted by atomic mass is 10.1. The fourth-order valence-corrected chi connectivity index (χ4v) is 3.13. The zero-order valence-corrected chi connectivity index (χ0v) is 10.9. The maximum atomic E-state index is 13.6. The predicted octanol–water partition coefficient (Wildman–Crippen LogP) is 3.34. The third kappa shape index (κ3) is 2.55. The van der Waals surface area contributed by atoms with Gasteiger partial charge in [-0.25, -0.2) is 4.39 Å². The van der Waals surface area contributed by atoms with E-state index < -0.39 is 0 Å². The molecule has 1 saturated carbocycles. The van der Waals surface area contributed by atoms with E-state index >= 15 is 0 Å². The maximum Gasteiger partial charge on any atom is 0.138 e. The van der Waals surface area contributed by atoms with Crippen molar-refractivity contribution in [2.24, 2.45) is 5.73 Å². The summed E-state index contributed by atoms with van der Waals surface area (Å²) in [5.41, 5.74) is 6.93. The van der Waals surface area contributed by atoms with Crippen molar-refractivity contribution in [3.63, 3.8) is 0 Å². The summed E-state index contributed by atoms with van der Waals surface area (Å²) >= 11 is 4.80. The van der Waals surface area contributed by atoms with Crippen molar-refractivity contribution in [1.82, 2.24) is 0 Å². The Balaban J connectivity index is 2.26. The van der Waals surface area contributed by atoms with Gasteiger partial charge >= 0.3 is 0 Å². The van der Waals surface area contributed by atoms with Crippen molar-refractivity contribution < 1.29 is 4.39 Å². The average Bonchev–Trinajstić information content (AvgIpc) is 2.82. The van der Waals surface area contributed by atoms with Crippen molar-refractivity contribution in [1.29, 1.82) is 0 Å². The molecule has 2 rings (SSSR count). The quantitative estimate of drug-likeness (QED) is 0.864. The number of hydrogen-bond donors (Lipinski definition) is 1. The number of benzene rings is 1. The predicted molar refractivity (Wildman–Crippen MR) is 65.7 cm³/mol. The molecule has 1 nitrogen and oxygen atoms in total. The molecule has 1 aliphatic carbocycles. The lowest BCUT2D eigenvalue weighted by Gasteiger charge is -2.11. The van der Waals surface area contributed by atoms with E-state index in [-0.39, 0.29) is 11.4 Å². The highest BCUT2D eigenvalue weighted by Gasteiger charge is 2.38. The van der Waals surface area contributed by atoms with Gasteiger partial charge in [0.25, 0.3) is 0 Å². The molecular formula is C11H13BrFNS. The van der Waals surface area contributed by atoms with Gasteiger partial charge < -0.3 is 5.73 Å². The van der Waals surface area contributed by atoms with Crippen LogP contribution in [0.3, 0.4) is 0 Å². The fraction of sp³-hybridized carbons (Fsp3) is 0.455. The fourth-order valence-electron chi connectivity index (χ4n) is 1.65. The van der Waals surface area contributed by atoms with E-state index in [0.29, 0.717) is 4.90 Å². The second kappa shape index (κ2) is 4.07. The van der Waals surface area contributed by atoms with Gasteiger partial charge in [-0.15, -0.1) is 11.8 Å². The van der Waals surface area contributed by atoms with Gasteiger partial charge in [-0.3, -0.25) is 0 Å². The molecule has 1 aliphatic rings. The molecule has 4 heteroatoms. The third-order valence-corrected chi connectivity index (χ3v) is 4.42. The van der Waals surface area contributed by atoms with E-state index in [1.165, 1.54) is 11.8 Å². The number of halogens is 2. The Kier molecular flexibility index (Phi) is 3.10. The van der Waals surface area contributed by atoms with Gasteiger partial charge in [0.05, 0.1) is 4.90 Å². The summed E-state index contributed by atoms with van der Waals surface area (Å²) in [6, 6.07) is 3.57. The van der Waals surface area contributed by atoms with Gasteiger partial charge in [-0.1, -0.05) is 0 Å². The molecule has 0 aromatic heterocycles. The first-order valence-electron chi connectivity index (χ1n) is 4.85. The summed E-state index contributed by atoms with van der Waals surface area (Å²) in [7, 11) is 0. The lowest BCUT2D eigenvalue weighted by Crippen LogP contribution is -2.24. The molecule has 1 fully saturated rings. The first-order valence-corrected chi connectivity index (χ1v) is 6.87. The second-order valence-corrected chi connectivity index (χ2v) is 5.80. The van der Waals surface area contributed by atoms with E-state index in [1.54, 1.807) is 6.07 Å². The molecule has 0 radical (unpaired) electrons. The summed E-state index contributed by atoms with van der Waals surface area (Å²) in [6.45, 7) is 0. The highest BCUT2D eigenvalue weighted by Crippen LogP contribution is 2.37. The molecule has 2 N–H and O–H groups in total. The summed E-state index contributed by atoms with van der Waals surface area (Å²) < 4.78 is 14.4. The van der Waals surface area contributed by atoms with E-state index in [0.717, 1.165) is 29.3 Å². The van der Waals surface area contributed by atoms with Crippen LogP contribution in [0.5, 0.6) is 0 Å². The van der Waals surface area contributed by atoms with Crippen LogP contribution in [-0.2, 0) is 6.42 Å². The average molecular weight is 290 g/mol. The molecule has 1 aromatic carbocycles. The Morgan fingerprint density at radius 2 is 2.20 bits per heavy atom. The van der Waals surface area contributed by atoms with Gasteiger partial charge in [0.1, 0.15) is 5.82 Å². The van der Waals surface area contributed by atoms with Crippen LogP contribution in [-0.4, -0.2) is 11.8 Å². The van der Waals surface area contributed by atoms with E-state index in [2.05, 4.69) is 15.9 Å². The van der Waals surface area contributed by atoms with Crippen molar-refractivity contribution in [3.8, 4) is 0 Å². The number of thioether (sulfide) groups is 1. The number of rotatable bonds is 3. The minimum Gasteiger partial charge on any atom is -0.325 e. The molecule has 0 atom stereocenters. The Hall–Kier alpha value is -0.0600. The van der Waals surface area contributed by atoms with Gasteiger partial charge in [-0.2, -0.15) is 0 Å². The van der Waals surface area contributed by atoms with Gasteiger partial charge in [-0.05, 0) is 59.1 Å². The smallest absolute Gasteiger partial charge is 0.138 e. The maximum absolute atomic E-state index is 13.6. The molecule has 0 bridgehead atoms. The van der Waals surface area contributed by atoms with Crippen LogP contribution in [0.25, 0.3) is 0 Å². The summed E-state index contributed by atoms with van der Waals surface area (Å²) in [5, 5.41) is 0. The van der Waals surface area contributed by atoms with Gasteiger partial charge in [0.15, 0.2) is 0 Å². The van der Waals surface area contributed by atoms with Crippen LogP contribution in [0.2, 0.25) is 0 Å². The first kappa shape index (κ1) is 11.4. The normalized spacial score (nSPS) is 17.9. The first-order chi connectivity index (χ1) is 7.04. The molecular weight excluding hydrogens is 277 g/mol. The highest BCUT2D eigenvalue weighted by atomic mass is 79.9. The molecule has 0 unspecified atom stereocenters. The SMILES string of the molecule is CSc1c(F)cc(CC2(N)CC2)cc1Br. The summed E-state index contributed by atoms with van der Waals surface area (Å²) in [6.07, 6.45) is 4.75. The lowest BCUT2D eigenvalue weighted by molar-refractivity contribution is 0.592. The molecule has 1 aromatic rings. The second-order valence-electron chi connectivity index (χ2n) is 4.13. The van der Waals surface area contributed by atoms with Crippen molar-refractivity contribution >= 4 is 27.7 Å². The topological polar surface area (TPSA) is 26.0 Å². The van der Waals surface area contributed by atoms with Crippen LogP contribution in [0.4, 0.5) is 4.39 Å². The van der Waals surface area contributed by atoms with Crippen molar-refractivity contribution in [2.45, 2.75) is 29.7 Å². The van der Waals surface area contributed by atoms with Crippen molar-refractivity contribution in [3.05, 3.63) is 28.0 Å². The highest BCUT2D eigenvalue weighted by molar-refractivity contribution is 9.10. The van der Waals surface area contributed by atoms with Crippen LogP contribution in [0.15, 0.2) is 21.5 Å². The molecule has 0 amide bonds. The molecule has 82 valence electrons. The Bertz CT molecular complexity index is 367. The zero-order valence-electron chi connectivity index (χ0n) is 8.52. The number of nitrogens with two attached hydrogens (primary N) is 1. The van der Waals surface area contributed by atoms with Gasteiger partial charge in [0.2, 0.25) is 0 Å². The Labute approximate surface area is 102 Å². The monoisotopic (exact) mass is 289 g/mol. The third-order valence-electron chi connectivity index (χ3n) is 2.71. The molecule has 0 heterocycles. The minimum absolute atomic E-state index is 0.0627. The molecule has 15 heavy (non-hydrogen) atoms. The molecule has 0 saturated heterocycles. The summed E-state index contributed by atoms with van der Waals surface area (Å²) in [4.78, 5) is 0.667. The van der Waals surface area contributed by atoms with E-state index in [9.17, 15) is 4.39 Å². The summed E-state index contributed by atoms with van der Waals surface area (Å²) in [5.74, 6) is -0.156. The number of hydrogen-bond acceptors (Lipinski definition) is 2. The standard InChI is InChI=1S/C11H13BrFNS/c1-15-10-8(12)4-7(5-9(10)13)6-11(14)2-3-11/h4-5H,2-3,6,14H2,1H3. The molecule has 0 aliphatic heterocycles. The van der Waals surface area contributed by atoms with Crippen LogP contribution < -0.4 is 5.73 Å².